The number of ether oxygens (including phenoxy) is 2. The van der Waals surface area contributed by atoms with E-state index >= 15 is 0 Å². The van der Waals surface area contributed by atoms with Crippen LogP contribution in [0.5, 0.6) is 5.75 Å². The molecule has 0 saturated heterocycles. The van der Waals surface area contributed by atoms with Crippen LogP contribution in [0.3, 0.4) is 0 Å². The Hall–Kier alpha value is -2.87. The number of benzene rings is 1. The average Bonchev–Trinajstić information content (AvgIpc) is 3.14. The number of Topliss-reactive ketones (excluding diaryl/α,β-unsaturated/α-hetero) is 1. The second-order valence-electron chi connectivity index (χ2n) is 7.41. The Kier molecular flexibility index (Phi) is 7.23. The molecule has 1 aromatic rings. The van der Waals surface area contributed by atoms with Crippen molar-refractivity contribution in [3.05, 3.63) is 63.3 Å². The van der Waals surface area contributed by atoms with Gasteiger partial charge >= 0.3 is 12.1 Å². The zero-order valence-corrected chi connectivity index (χ0v) is 18.9. The smallest absolute Gasteiger partial charge is 0.416 e. The number of alkyl halides is 3. The van der Waals surface area contributed by atoms with Gasteiger partial charge in [0.25, 0.3) is 0 Å². The lowest BCUT2D eigenvalue weighted by Crippen LogP contribution is -2.15. The molecule has 0 aromatic heterocycles. The van der Waals surface area contributed by atoms with E-state index in [4.69, 9.17) is 9.47 Å². The molecule has 1 unspecified atom stereocenters. The molecule has 0 N–H and O–H groups in total. The van der Waals surface area contributed by atoms with E-state index in [1.165, 1.54) is 6.07 Å². The minimum Gasteiger partial charge on any atom is -0.482 e. The van der Waals surface area contributed by atoms with E-state index in [9.17, 15) is 22.8 Å². The molecule has 0 amide bonds. The fourth-order valence-electron chi connectivity index (χ4n) is 3.37. The SMILES string of the molecule is CCOC(=O)COc1ccc(C(=O)CC[s+]2cc3cc(C(F)(F)F)cc-3cc2C)cc1C. The van der Waals surface area contributed by atoms with Crippen molar-refractivity contribution < 1.29 is 32.2 Å². The van der Waals surface area contributed by atoms with E-state index in [0.717, 1.165) is 16.5 Å². The number of carbonyl (C=O) groups excluding carboxylic acids is 2. The fourth-order valence-corrected chi connectivity index (χ4v) is 5.19. The third-order valence-electron chi connectivity index (χ3n) is 5.02. The summed E-state index contributed by atoms with van der Waals surface area (Å²) in [7, 11) is -0.407. The van der Waals surface area contributed by atoms with Crippen molar-refractivity contribution in [2.75, 3.05) is 13.2 Å². The van der Waals surface area contributed by atoms with Crippen LogP contribution in [0.25, 0.3) is 11.1 Å². The number of esters is 1. The molecule has 0 fully saturated rings. The monoisotopic (exact) mass is 465 g/mol. The van der Waals surface area contributed by atoms with Crippen molar-refractivity contribution in [1.82, 2.24) is 0 Å². The molecule has 1 atom stereocenters. The van der Waals surface area contributed by atoms with Gasteiger partial charge in [-0.15, -0.1) is 0 Å². The molecule has 2 aliphatic rings. The standard InChI is InChI=1S/C24H24F3O4S/c1-4-30-23(29)13-31-22-6-5-17(9-15(22)2)21(28)7-8-32-14-19-12-20(24(25,26)27)11-18(19)10-16(32)3/h5-6,9-12,14H,4,7-8,13H2,1-3H3/q+1. The molecule has 1 aliphatic heterocycles. The summed E-state index contributed by atoms with van der Waals surface area (Å²) in [6.07, 6.45) is -4.10. The van der Waals surface area contributed by atoms with E-state index in [-0.39, 0.29) is 25.4 Å². The molecule has 32 heavy (non-hydrogen) atoms. The van der Waals surface area contributed by atoms with Crippen LogP contribution in [0.15, 0.2) is 41.8 Å². The summed E-state index contributed by atoms with van der Waals surface area (Å²) in [5.74, 6) is 0.520. The summed E-state index contributed by atoms with van der Waals surface area (Å²) >= 11 is 0. The highest BCUT2D eigenvalue weighted by atomic mass is 32.2. The highest BCUT2D eigenvalue weighted by Crippen LogP contribution is 2.41. The minimum atomic E-state index is -4.37. The Bertz CT molecular complexity index is 1100. The van der Waals surface area contributed by atoms with Gasteiger partial charge in [0.2, 0.25) is 0 Å². The fraction of sp³-hybridized carbons (Fsp3) is 0.333. The van der Waals surface area contributed by atoms with Crippen LogP contribution in [0.2, 0.25) is 0 Å². The van der Waals surface area contributed by atoms with Gasteiger partial charge in [0.15, 0.2) is 12.4 Å². The molecular formula is C24H24F3O4S+. The van der Waals surface area contributed by atoms with Crippen LogP contribution >= 0.6 is 10.5 Å². The number of halogens is 3. The van der Waals surface area contributed by atoms with Crippen molar-refractivity contribution in [2.24, 2.45) is 0 Å². The van der Waals surface area contributed by atoms with Crippen LogP contribution in [-0.2, 0) is 21.5 Å². The van der Waals surface area contributed by atoms with Gasteiger partial charge < -0.3 is 9.47 Å². The zero-order chi connectivity index (χ0) is 23.5. The summed E-state index contributed by atoms with van der Waals surface area (Å²) in [5.41, 5.74) is 1.74. The first-order valence-electron chi connectivity index (χ1n) is 10.1. The summed E-state index contributed by atoms with van der Waals surface area (Å²) in [4.78, 5) is 25.1. The first-order chi connectivity index (χ1) is 15.1. The number of rotatable bonds is 8. The number of aryl methyl sites for hydroxylation is 3. The predicted molar refractivity (Wildman–Crippen MR) is 118 cm³/mol. The van der Waals surface area contributed by atoms with Crippen LogP contribution in [0.4, 0.5) is 13.2 Å². The topological polar surface area (TPSA) is 52.6 Å². The van der Waals surface area contributed by atoms with Crippen molar-refractivity contribution in [2.45, 2.75) is 39.1 Å². The third-order valence-corrected chi connectivity index (χ3v) is 7.15. The van der Waals surface area contributed by atoms with Gasteiger partial charge in [0.1, 0.15) is 21.8 Å². The molecule has 170 valence electrons. The van der Waals surface area contributed by atoms with Crippen molar-refractivity contribution >= 4 is 22.2 Å². The van der Waals surface area contributed by atoms with Crippen LogP contribution in [0.1, 0.15) is 39.7 Å². The number of fused-ring (bicyclic) bond motifs is 1. The first kappa shape index (κ1) is 23.8. The molecule has 4 nitrogen and oxygen atoms in total. The van der Waals surface area contributed by atoms with E-state index in [0.29, 0.717) is 28.2 Å². The average molecular weight is 466 g/mol. The summed E-state index contributed by atoms with van der Waals surface area (Å²) in [6.45, 7) is 5.46. The maximum atomic E-state index is 13.0. The first-order valence-corrected chi connectivity index (χ1v) is 11.6. The number of hydrogen-bond donors (Lipinski definition) is 0. The maximum Gasteiger partial charge on any atom is 0.416 e. The van der Waals surface area contributed by atoms with Gasteiger partial charge in [0, 0.05) is 24.1 Å². The highest BCUT2D eigenvalue weighted by Gasteiger charge is 2.33. The molecule has 1 heterocycles. The Morgan fingerprint density at radius 3 is 2.41 bits per heavy atom. The lowest BCUT2D eigenvalue weighted by molar-refractivity contribution is -0.145. The Morgan fingerprint density at radius 2 is 1.75 bits per heavy atom. The van der Waals surface area contributed by atoms with E-state index in [2.05, 4.69) is 0 Å². The minimum absolute atomic E-state index is 0.0528. The second kappa shape index (κ2) is 9.73. The van der Waals surface area contributed by atoms with Crippen molar-refractivity contribution in [3.8, 4) is 16.9 Å². The van der Waals surface area contributed by atoms with E-state index in [1.54, 1.807) is 38.1 Å². The van der Waals surface area contributed by atoms with Gasteiger partial charge in [-0.1, -0.05) is 0 Å². The molecule has 8 heteroatoms. The zero-order valence-electron chi connectivity index (χ0n) is 18.0. The van der Waals surface area contributed by atoms with Crippen LogP contribution < -0.4 is 4.74 Å². The van der Waals surface area contributed by atoms with E-state index < -0.39 is 28.2 Å². The highest BCUT2D eigenvalue weighted by molar-refractivity contribution is 7.29. The number of hydrogen-bond acceptors (Lipinski definition) is 4. The Morgan fingerprint density at radius 1 is 1.03 bits per heavy atom. The second-order valence-corrected chi connectivity index (χ2v) is 9.55. The number of carbonyl (C=O) groups is 2. The van der Waals surface area contributed by atoms with E-state index in [1.807, 2.05) is 12.3 Å². The lowest BCUT2D eigenvalue weighted by Gasteiger charge is -2.10. The normalized spacial score (nSPS) is 12.1. The molecule has 0 radical (unpaired) electrons. The van der Waals surface area contributed by atoms with Gasteiger partial charge in [-0.2, -0.15) is 13.2 Å². The molecule has 0 bridgehead atoms. The van der Waals surface area contributed by atoms with Crippen LogP contribution in [0, 0.1) is 13.8 Å². The largest absolute Gasteiger partial charge is 0.482 e. The molecule has 3 rings (SSSR count). The molecule has 1 aromatic carbocycles. The van der Waals surface area contributed by atoms with Crippen molar-refractivity contribution in [3.63, 3.8) is 0 Å². The van der Waals surface area contributed by atoms with Gasteiger partial charge in [0.05, 0.1) is 18.6 Å². The lowest BCUT2D eigenvalue weighted by atomic mass is 10.1. The molecule has 0 spiro atoms. The van der Waals surface area contributed by atoms with Crippen molar-refractivity contribution in [1.29, 1.82) is 0 Å². The summed E-state index contributed by atoms with van der Waals surface area (Å²) in [6, 6.07) is 9.12. The molecule has 0 saturated carbocycles. The summed E-state index contributed by atoms with van der Waals surface area (Å²) < 4.78 is 49.2. The third kappa shape index (κ3) is 5.68. The van der Waals surface area contributed by atoms with Gasteiger partial charge in [-0.05, 0) is 65.8 Å². The Labute approximate surface area is 187 Å². The quantitative estimate of drug-likeness (QED) is 0.220. The van der Waals surface area contributed by atoms with Gasteiger partial charge in [-0.3, -0.25) is 4.79 Å². The summed E-state index contributed by atoms with van der Waals surface area (Å²) in [5, 5.41) is 1.84. The predicted octanol–water partition coefficient (Wildman–Crippen LogP) is 6.39. The Balaban J connectivity index is 1.67. The number of ketones is 1. The van der Waals surface area contributed by atoms with Gasteiger partial charge in [-0.25, -0.2) is 4.79 Å². The molecule has 1 aliphatic carbocycles. The molecular weight excluding hydrogens is 441 g/mol. The maximum absolute atomic E-state index is 13.0. The van der Waals surface area contributed by atoms with Crippen LogP contribution in [-0.4, -0.2) is 25.0 Å².